The van der Waals surface area contributed by atoms with Crippen LogP contribution >= 0.6 is 0 Å². The Kier molecular flexibility index (Phi) is 3.73. The Hall–Kier alpha value is -0.820. The molecule has 7 heteroatoms. The Morgan fingerprint density at radius 3 is 2.41 bits per heavy atom. The van der Waals surface area contributed by atoms with Crippen molar-refractivity contribution in [1.82, 2.24) is 10.2 Å². The maximum Gasteiger partial charge on any atom is 0.426 e. The summed E-state index contributed by atoms with van der Waals surface area (Å²) in [6.07, 6.45) is -4.96. The monoisotopic (exact) mass is 254 g/mol. The fraction of sp³-hybridized carbons (Fsp3) is 0.900. The van der Waals surface area contributed by atoms with E-state index in [9.17, 15) is 23.1 Å². The van der Waals surface area contributed by atoms with Gasteiger partial charge in [0.15, 0.2) is 0 Å². The first-order valence-electron chi connectivity index (χ1n) is 5.41. The van der Waals surface area contributed by atoms with Gasteiger partial charge in [-0.25, -0.2) is 0 Å². The Morgan fingerprint density at radius 2 is 1.94 bits per heavy atom. The molecule has 100 valence electrons. The van der Waals surface area contributed by atoms with Gasteiger partial charge in [0.25, 0.3) is 5.91 Å². The number of hydrogen-bond acceptors (Lipinski definition) is 3. The fourth-order valence-electron chi connectivity index (χ4n) is 1.71. The third-order valence-electron chi connectivity index (χ3n) is 2.99. The highest BCUT2D eigenvalue weighted by atomic mass is 19.4. The molecule has 0 aliphatic carbocycles. The zero-order valence-electron chi connectivity index (χ0n) is 10.0. The Morgan fingerprint density at radius 1 is 1.41 bits per heavy atom. The number of hydrogen-bond donors (Lipinski definition) is 2. The average Bonchev–Trinajstić information content (AvgIpc) is 2.19. The predicted molar refractivity (Wildman–Crippen MR) is 55.3 cm³/mol. The molecule has 0 aromatic heterocycles. The van der Waals surface area contributed by atoms with Gasteiger partial charge in [-0.1, -0.05) is 0 Å². The number of rotatable bonds is 1. The van der Waals surface area contributed by atoms with E-state index in [0.29, 0.717) is 13.5 Å². The number of aliphatic hydroxyl groups is 1. The lowest BCUT2D eigenvalue weighted by atomic mass is 10.0. The van der Waals surface area contributed by atoms with E-state index in [2.05, 4.69) is 5.32 Å². The first kappa shape index (κ1) is 14.2. The lowest BCUT2D eigenvalue weighted by Gasteiger charge is -2.41. The van der Waals surface area contributed by atoms with E-state index < -0.39 is 17.7 Å². The molecule has 17 heavy (non-hydrogen) atoms. The summed E-state index contributed by atoms with van der Waals surface area (Å²) in [5, 5.41) is 12.4. The smallest absolute Gasteiger partial charge is 0.373 e. The zero-order chi connectivity index (χ0) is 13.4. The van der Waals surface area contributed by atoms with Crippen LogP contribution in [0.25, 0.3) is 0 Å². The standard InChI is InChI=1S/C10H17F3N2O2/c1-6-5-15(7(2)4-14-6)8(16)9(3,17)10(11,12)13/h6-7,14,17H,4-5H2,1-3H3/t6-,7-,9?/m1/s1. The summed E-state index contributed by atoms with van der Waals surface area (Å²) in [7, 11) is 0. The van der Waals surface area contributed by atoms with Gasteiger partial charge in [0.2, 0.25) is 5.60 Å². The van der Waals surface area contributed by atoms with Crippen LogP contribution < -0.4 is 5.32 Å². The first-order chi connectivity index (χ1) is 7.57. The Balaban J connectivity index is 2.88. The molecule has 0 radical (unpaired) electrons. The summed E-state index contributed by atoms with van der Waals surface area (Å²) in [6.45, 7) is 4.49. The molecule has 0 spiro atoms. The summed E-state index contributed by atoms with van der Waals surface area (Å²) in [5.74, 6) is -1.29. The molecule has 1 unspecified atom stereocenters. The SMILES string of the molecule is C[C@@H]1CN(C(=O)C(C)(O)C(F)(F)F)[C@H](C)CN1. The molecule has 1 rings (SSSR count). The molecule has 1 aliphatic rings. The number of nitrogens with one attached hydrogen (secondary N) is 1. The number of carbonyl (C=O) groups excluding carboxylic acids is 1. The van der Waals surface area contributed by atoms with Crippen LogP contribution in [0, 0.1) is 0 Å². The van der Waals surface area contributed by atoms with Gasteiger partial charge in [-0.2, -0.15) is 13.2 Å². The van der Waals surface area contributed by atoms with Crippen molar-refractivity contribution in [1.29, 1.82) is 0 Å². The summed E-state index contributed by atoms with van der Waals surface area (Å²) in [4.78, 5) is 12.8. The molecule has 0 aromatic rings. The van der Waals surface area contributed by atoms with Gasteiger partial charge >= 0.3 is 6.18 Å². The molecule has 1 amide bonds. The minimum Gasteiger partial charge on any atom is -0.373 e. The lowest BCUT2D eigenvalue weighted by Crippen LogP contribution is -2.63. The lowest BCUT2D eigenvalue weighted by molar-refractivity contribution is -0.251. The summed E-state index contributed by atoms with van der Waals surface area (Å²) < 4.78 is 37.6. The van der Waals surface area contributed by atoms with E-state index in [0.717, 1.165) is 4.90 Å². The number of carbonyl (C=O) groups is 1. The van der Waals surface area contributed by atoms with E-state index in [4.69, 9.17) is 0 Å². The predicted octanol–water partition coefficient (Wildman–Crippen LogP) is 0.509. The minimum absolute atomic E-state index is 0.0841. The quantitative estimate of drug-likeness (QED) is 0.717. The van der Waals surface area contributed by atoms with E-state index in [1.807, 2.05) is 0 Å². The van der Waals surface area contributed by atoms with Crippen LogP contribution in [-0.2, 0) is 4.79 Å². The highest BCUT2D eigenvalue weighted by molar-refractivity contribution is 5.86. The van der Waals surface area contributed by atoms with E-state index in [1.165, 1.54) is 0 Å². The maximum absolute atomic E-state index is 12.5. The highest BCUT2D eigenvalue weighted by Crippen LogP contribution is 2.32. The molecule has 1 heterocycles. The van der Waals surface area contributed by atoms with E-state index in [1.54, 1.807) is 13.8 Å². The number of nitrogens with zero attached hydrogens (tertiary/aromatic N) is 1. The van der Waals surface area contributed by atoms with E-state index >= 15 is 0 Å². The topological polar surface area (TPSA) is 52.6 Å². The molecule has 0 saturated carbocycles. The van der Waals surface area contributed by atoms with Crippen LogP contribution in [0.1, 0.15) is 20.8 Å². The van der Waals surface area contributed by atoms with Crippen molar-refractivity contribution in [2.45, 2.75) is 44.6 Å². The number of piperazine rings is 1. The maximum atomic E-state index is 12.5. The van der Waals surface area contributed by atoms with Gasteiger partial charge in [0.05, 0.1) is 0 Å². The van der Waals surface area contributed by atoms with Crippen molar-refractivity contribution in [3.05, 3.63) is 0 Å². The third-order valence-corrected chi connectivity index (χ3v) is 2.99. The summed E-state index contributed by atoms with van der Waals surface area (Å²) in [6, 6.07) is -0.452. The molecule has 0 aromatic carbocycles. The molecular weight excluding hydrogens is 237 g/mol. The van der Waals surface area contributed by atoms with Gasteiger partial charge in [-0.05, 0) is 20.8 Å². The van der Waals surface area contributed by atoms with Crippen LogP contribution in [0.2, 0.25) is 0 Å². The van der Waals surface area contributed by atoms with Crippen molar-refractivity contribution < 1.29 is 23.1 Å². The molecule has 4 nitrogen and oxygen atoms in total. The average molecular weight is 254 g/mol. The number of halogens is 3. The van der Waals surface area contributed by atoms with Crippen LogP contribution in [0.5, 0.6) is 0 Å². The highest BCUT2D eigenvalue weighted by Gasteiger charge is 2.57. The Labute approximate surface area is 97.8 Å². The van der Waals surface area contributed by atoms with Crippen molar-refractivity contribution in [2.24, 2.45) is 0 Å². The van der Waals surface area contributed by atoms with Crippen molar-refractivity contribution >= 4 is 5.91 Å². The Bertz CT molecular complexity index is 304. The van der Waals surface area contributed by atoms with Gasteiger partial charge in [0.1, 0.15) is 0 Å². The number of alkyl halides is 3. The van der Waals surface area contributed by atoms with Gasteiger partial charge in [-0.3, -0.25) is 4.79 Å². The molecule has 1 saturated heterocycles. The minimum atomic E-state index is -4.96. The summed E-state index contributed by atoms with van der Waals surface area (Å²) in [5.41, 5.74) is -3.32. The van der Waals surface area contributed by atoms with Gasteiger partial charge in [0, 0.05) is 25.2 Å². The third kappa shape index (κ3) is 2.71. The van der Waals surface area contributed by atoms with Gasteiger partial charge < -0.3 is 15.3 Å². The fourth-order valence-corrected chi connectivity index (χ4v) is 1.71. The summed E-state index contributed by atoms with van der Waals surface area (Å²) >= 11 is 0. The van der Waals surface area contributed by atoms with Crippen LogP contribution in [0.4, 0.5) is 13.2 Å². The van der Waals surface area contributed by atoms with Crippen LogP contribution in [-0.4, -0.2) is 52.9 Å². The van der Waals surface area contributed by atoms with Crippen LogP contribution in [0.15, 0.2) is 0 Å². The largest absolute Gasteiger partial charge is 0.426 e. The molecule has 0 bridgehead atoms. The van der Waals surface area contributed by atoms with Crippen LogP contribution in [0.3, 0.4) is 0 Å². The molecule has 2 N–H and O–H groups in total. The molecule has 1 fully saturated rings. The number of amides is 1. The van der Waals surface area contributed by atoms with Gasteiger partial charge in [-0.15, -0.1) is 0 Å². The second kappa shape index (κ2) is 4.45. The van der Waals surface area contributed by atoms with Crippen molar-refractivity contribution in [3.8, 4) is 0 Å². The molecule has 3 atom stereocenters. The second-order valence-electron chi connectivity index (χ2n) is 4.69. The zero-order valence-corrected chi connectivity index (χ0v) is 10.0. The van der Waals surface area contributed by atoms with Crippen molar-refractivity contribution in [3.63, 3.8) is 0 Å². The van der Waals surface area contributed by atoms with Crippen molar-refractivity contribution in [2.75, 3.05) is 13.1 Å². The molecule has 1 aliphatic heterocycles. The first-order valence-corrected chi connectivity index (χ1v) is 5.41. The second-order valence-corrected chi connectivity index (χ2v) is 4.69. The molecular formula is C10H17F3N2O2. The normalized spacial score (nSPS) is 29.9. The van der Waals surface area contributed by atoms with E-state index in [-0.39, 0.29) is 18.6 Å².